The molecule has 3 heteroatoms. The lowest BCUT2D eigenvalue weighted by molar-refractivity contribution is 0.0366. The third kappa shape index (κ3) is 5.98. The van der Waals surface area contributed by atoms with Gasteiger partial charge in [0.2, 0.25) is 0 Å². The summed E-state index contributed by atoms with van der Waals surface area (Å²) in [6.45, 7) is 5.70. The molecule has 0 aromatic heterocycles. The Balaban J connectivity index is 3.43. The lowest BCUT2D eigenvalue weighted by atomic mass is 10.5. The zero-order chi connectivity index (χ0) is 8.53. The number of rotatable bonds is 6. The topological polar surface area (TPSA) is 18.5 Å². The lowest BCUT2D eigenvalue weighted by Crippen LogP contribution is -2.00. The smallest absolute Gasteiger partial charge is 0.269 e. The van der Waals surface area contributed by atoms with Crippen molar-refractivity contribution in [3.05, 3.63) is 11.6 Å². The molecule has 66 valence electrons. The van der Waals surface area contributed by atoms with Crippen molar-refractivity contribution in [3.63, 3.8) is 0 Å². The molecule has 0 atom stereocenters. The molecule has 0 N–H and O–H groups in total. The fourth-order valence-corrected chi connectivity index (χ4v) is 0.947. The van der Waals surface area contributed by atoms with E-state index in [0.717, 1.165) is 42.2 Å². The third-order valence-corrected chi connectivity index (χ3v) is 1.60. The van der Waals surface area contributed by atoms with Crippen molar-refractivity contribution in [2.75, 3.05) is 13.2 Å². The summed E-state index contributed by atoms with van der Waals surface area (Å²) in [5.74, 6) is 0.723. The Morgan fingerprint density at radius 3 is 1.91 bits per heavy atom. The highest BCUT2D eigenvalue weighted by molar-refractivity contribution is 6.17. The van der Waals surface area contributed by atoms with Crippen LogP contribution in [0.25, 0.3) is 0 Å². The van der Waals surface area contributed by atoms with Gasteiger partial charge < -0.3 is 9.47 Å². The molecule has 0 fully saturated rings. The molecule has 0 aromatic rings. The van der Waals surface area contributed by atoms with Crippen LogP contribution in [-0.4, -0.2) is 23.5 Å². The molecule has 0 aliphatic rings. The quantitative estimate of drug-likeness (QED) is 0.442. The van der Waals surface area contributed by atoms with Crippen LogP contribution in [0.3, 0.4) is 0 Å². The van der Waals surface area contributed by atoms with E-state index in [2.05, 4.69) is 13.8 Å². The molecule has 0 aromatic carbocycles. The Bertz CT molecular complexity index is 103. The average Bonchev–Trinajstić information content (AvgIpc) is 2.05. The molecule has 0 aliphatic heterocycles. The zero-order valence-corrected chi connectivity index (χ0v) is 9.72. The monoisotopic (exact) mass is 174 g/mol. The first-order chi connectivity index (χ1) is 5.35. The predicted octanol–water partition coefficient (Wildman–Crippen LogP) is 1.00. The van der Waals surface area contributed by atoms with E-state index in [1.54, 1.807) is 0 Å². The summed E-state index contributed by atoms with van der Waals surface area (Å²) in [5, 5.41) is 0. The molecular weight excluding hydrogens is 156 g/mol. The second kappa shape index (κ2) is 7.66. The number of hydrogen-bond donors (Lipinski definition) is 0. The van der Waals surface area contributed by atoms with Crippen LogP contribution in [-0.2, 0) is 9.47 Å². The van der Waals surface area contributed by atoms with Gasteiger partial charge in [0.1, 0.15) is 0 Å². The molecule has 0 unspecified atom stereocenters. The maximum absolute atomic E-state index is 5.32. The minimum Gasteiger partial charge on any atom is -0.466 e. The third-order valence-electron chi connectivity index (χ3n) is 1.13. The van der Waals surface area contributed by atoms with Crippen LogP contribution in [0.2, 0.25) is 0 Å². The van der Waals surface area contributed by atoms with Gasteiger partial charge in [-0.25, -0.2) is 0 Å². The summed E-state index contributed by atoms with van der Waals surface area (Å²) >= 11 is 0. The summed E-state index contributed by atoms with van der Waals surface area (Å²) in [6, 6.07) is 0. The van der Waals surface area contributed by atoms with E-state index in [-0.39, 0.29) is 0 Å². The Morgan fingerprint density at radius 2 is 1.64 bits per heavy atom. The minimum atomic E-state index is 0.723. The molecular formula is C8H18O2Si. The number of ether oxygens (including phenoxy) is 2. The molecule has 0 aliphatic carbocycles. The number of hydrogen-bond acceptors (Lipinski definition) is 2. The van der Waals surface area contributed by atoms with Gasteiger partial charge in [-0.1, -0.05) is 13.8 Å². The average molecular weight is 174 g/mol. The summed E-state index contributed by atoms with van der Waals surface area (Å²) in [5.41, 5.74) is 1.99. The molecule has 0 saturated heterocycles. The fraction of sp³-hybridized carbons (Fsp3) is 0.750. The van der Waals surface area contributed by atoms with E-state index in [9.17, 15) is 0 Å². The maximum Gasteiger partial charge on any atom is 0.269 e. The highest BCUT2D eigenvalue weighted by atomic mass is 28.1. The first-order valence-corrected chi connectivity index (χ1v) is 5.42. The van der Waals surface area contributed by atoms with Gasteiger partial charge in [0.15, 0.2) is 0 Å². The largest absolute Gasteiger partial charge is 0.466 e. The van der Waals surface area contributed by atoms with Gasteiger partial charge in [-0.05, 0) is 18.5 Å². The first kappa shape index (κ1) is 10.6. The van der Waals surface area contributed by atoms with Gasteiger partial charge in [-0.2, -0.15) is 0 Å². The normalized spacial score (nSPS) is 9.27. The van der Waals surface area contributed by atoms with Crippen molar-refractivity contribution in [3.8, 4) is 0 Å². The highest BCUT2D eigenvalue weighted by Crippen LogP contribution is 1.99. The second-order valence-electron chi connectivity index (χ2n) is 2.30. The summed E-state index contributed by atoms with van der Waals surface area (Å²) in [7, 11) is 0.994. The SMILES string of the molecule is CCCOC(=C[SiH3])OCCC. The molecule has 2 nitrogen and oxygen atoms in total. The molecule has 0 heterocycles. The van der Waals surface area contributed by atoms with Crippen molar-refractivity contribution >= 4 is 10.2 Å². The van der Waals surface area contributed by atoms with Crippen LogP contribution in [0.4, 0.5) is 0 Å². The maximum atomic E-state index is 5.32. The van der Waals surface area contributed by atoms with E-state index in [4.69, 9.17) is 9.47 Å². The van der Waals surface area contributed by atoms with Gasteiger partial charge in [-0.3, -0.25) is 0 Å². The van der Waals surface area contributed by atoms with E-state index in [0.29, 0.717) is 0 Å². The Kier molecular flexibility index (Phi) is 7.35. The first-order valence-electron chi connectivity index (χ1n) is 4.27. The molecule has 11 heavy (non-hydrogen) atoms. The van der Waals surface area contributed by atoms with Gasteiger partial charge in [0, 0.05) is 10.2 Å². The van der Waals surface area contributed by atoms with Crippen LogP contribution in [0.1, 0.15) is 26.7 Å². The van der Waals surface area contributed by atoms with Crippen LogP contribution in [0.5, 0.6) is 0 Å². The molecule has 0 saturated carbocycles. The van der Waals surface area contributed by atoms with Gasteiger partial charge in [0.05, 0.1) is 13.2 Å². The molecule has 0 spiro atoms. The van der Waals surface area contributed by atoms with E-state index >= 15 is 0 Å². The Morgan fingerprint density at radius 1 is 1.18 bits per heavy atom. The lowest BCUT2D eigenvalue weighted by Gasteiger charge is -2.09. The fourth-order valence-electron chi connectivity index (χ4n) is 0.614. The van der Waals surface area contributed by atoms with Gasteiger partial charge in [-0.15, -0.1) is 0 Å². The zero-order valence-electron chi connectivity index (χ0n) is 7.72. The molecule has 0 rings (SSSR count). The van der Waals surface area contributed by atoms with Crippen LogP contribution in [0, 0.1) is 0 Å². The summed E-state index contributed by atoms with van der Waals surface area (Å²) < 4.78 is 10.6. The van der Waals surface area contributed by atoms with E-state index in [1.165, 1.54) is 0 Å². The van der Waals surface area contributed by atoms with Crippen molar-refractivity contribution in [2.45, 2.75) is 26.7 Å². The highest BCUT2D eigenvalue weighted by Gasteiger charge is 1.94. The minimum absolute atomic E-state index is 0.723. The van der Waals surface area contributed by atoms with E-state index < -0.39 is 0 Å². The molecule has 0 radical (unpaired) electrons. The summed E-state index contributed by atoms with van der Waals surface area (Å²) in [6.07, 6.45) is 2.07. The predicted molar refractivity (Wildman–Crippen MR) is 50.5 cm³/mol. The van der Waals surface area contributed by atoms with Crippen molar-refractivity contribution in [1.29, 1.82) is 0 Å². The van der Waals surface area contributed by atoms with Crippen LogP contribution in [0.15, 0.2) is 11.6 Å². The standard InChI is InChI=1S/C8H18O2Si/c1-3-5-9-8(7-11)10-6-4-2/h7H,3-6H2,1-2,11H3. The second-order valence-corrected chi connectivity index (χ2v) is 2.88. The Labute approximate surface area is 72.0 Å². The van der Waals surface area contributed by atoms with Crippen molar-refractivity contribution in [1.82, 2.24) is 0 Å². The van der Waals surface area contributed by atoms with Crippen molar-refractivity contribution < 1.29 is 9.47 Å². The Hall–Kier alpha value is -0.443. The van der Waals surface area contributed by atoms with Crippen molar-refractivity contribution in [2.24, 2.45) is 0 Å². The molecule has 0 bridgehead atoms. The molecule has 0 amide bonds. The van der Waals surface area contributed by atoms with Gasteiger partial charge >= 0.3 is 0 Å². The summed E-state index contributed by atoms with van der Waals surface area (Å²) in [4.78, 5) is 0. The van der Waals surface area contributed by atoms with E-state index in [1.807, 2.05) is 5.70 Å². The van der Waals surface area contributed by atoms with Gasteiger partial charge in [0.25, 0.3) is 5.95 Å². The van der Waals surface area contributed by atoms with Crippen LogP contribution < -0.4 is 0 Å². The van der Waals surface area contributed by atoms with Crippen LogP contribution >= 0.6 is 0 Å².